The van der Waals surface area contributed by atoms with Gasteiger partial charge in [0, 0.05) is 17.3 Å². The summed E-state index contributed by atoms with van der Waals surface area (Å²) < 4.78 is 69.9. The van der Waals surface area contributed by atoms with E-state index in [-0.39, 0.29) is 17.1 Å². The SMILES string of the molecule is C#C/C=C(F)\C(C(=O)Nc1ccc(-c2nc(C(F)(F)F)oc2C)cc1)=C(/C)F. The van der Waals surface area contributed by atoms with Crippen LogP contribution in [0, 0.1) is 19.3 Å². The minimum atomic E-state index is -4.72. The number of aryl methyl sites for hydroxylation is 1. The van der Waals surface area contributed by atoms with Gasteiger partial charge in [0.05, 0.1) is 0 Å². The molecule has 0 spiro atoms. The molecule has 1 aromatic carbocycles. The predicted octanol–water partition coefficient (Wildman–Crippen LogP) is 5.34. The predicted molar refractivity (Wildman–Crippen MR) is 92.1 cm³/mol. The summed E-state index contributed by atoms with van der Waals surface area (Å²) in [6, 6.07) is 5.42. The summed E-state index contributed by atoms with van der Waals surface area (Å²) in [6.45, 7) is 2.22. The molecule has 0 unspecified atom stereocenters. The molecule has 28 heavy (non-hydrogen) atoms. The first-order valence-electron chi connectivity index (χ1n) is 7.69. The van der Waals surface area contributed by atoms with Crippen molar-refractivity contribution < 1.29 is 31.2 Å². The number of hydrogen-bond donors (Lipinski definition) is 1. The normalized spacial score (nSPS) is 13.0. The number of oxazole rings is 1. The van der Waals surface area contributed by atoms with Gasteiger partial charge in [0.25, 0.3) is 5.91 Å². The van der Waals surface area contributed by atoms with Crippen molar-refractivity contribution in [3.63, 3.8) is 0 Å². The summed E-state index contributed by atoms with van der Waals surface area (Å²) >= 11 is 0. The fourth-order valence-electron chi connectivity index (χ4n) is 2.27. The Morgan fingerprint density at radius 1 is 1.25 bits per heavy atom. The lowest BCUT2D eigenvalue weighted by Crippen LogP contribution is -2.15. The van der Waals surface area contributed by atoms with Crippen molar-refractivity contribution in [3.8, 4) is 23.6 Å². The monoisotopic (exact) mass is 396 g/mol. The van der Waals surface area contributed by atoms with Gasteiger partial charge in [-0.15, -0.1) is 6.42 Å². The van der Waals surface area contributed by atoms with Gasteiger partial charge in [0.2, 0.25) is 0 Å². The van der Waals surface area contributed by atoms with E-state index in [2.05, 4.69) is 14.7 Å². The zero-order chi connectivity index (χ0) is 21.1. The molecule has 2 aromatic rings. The van der Waals surface area contributed by atoms with Crippen LogP contribution in [-0.4, -0.2) is 10.9 Å². The van der Waals surface area contributed by atoms with Gasteiger partial charge in [0.1, 0.15) is 28.7 Å². The number of aromatic nitrogens is 1. The van der Waals surface area contributed by atoms with Crippen LogP contribution in [-0.2, 0) is 11.0 Å². The summed E-state index contributed by atoms with van der Waals surface area (Å²) in [5.74, 6) is -2.92. The molecule has 0 aliphatic rings. The molecule has 0 bridgehead atoms. The second-order valence-corrected chi connectivity index (χ2v) is 5.52. The number of carbonyl (C=O) groups excluding carboxylic acids is 1. The fraction of sp³-hybridized carbons (Fsp3) is 0.158. The van der Waals surface area contributed by atoms with Gasteiger partial charge in [-0.25, -0.2) is 13.8 Å². The Balaban J connectivity index is 2.25. The third-order valence-corrected chi connectivity index (χ3v) is 3.48. The first kappa shape index (κ1) is 20.9. The summed E-state index contributed by atoms with van der Waals surface area (Å²) in [5.41, 5.74) is -0.429. The van der Waals surface area contributed by atoms with E-state index in [1.165, 1.54) is 31.2 Å². The zero-order valence-corrected chi connectivity index (χ0v) is 14.6. The van der Waals surface area contributed by atoms with Crippen LogP contribution in [0.2, 0.25) is 0 Å². The van der Waals surface area contributed by atoms with E-state index < -0.39 is 35.2 Å². The molecule has 1 amide bonds. The van der Waals surface area contributed by atoms with Crippen LogP contribution in [0.15, 0.2) is 52.0 Å². The van der Waals surface area contributed by atoms with Gasteiger partial charge in [-0.05, 0) is 26.0 Å². The van der Waals surface area contributed by atoms with Crippen LogP contribution in [0.3, 0.4) is 0 Å². The van der Waals surface area contributed by atoms with E-state index >= 15 is 0 Å². The van der Waals surface area contributed by atoms with Crippen LogP contribution in [0.4, 0.5) is 27.6 Å². The van der Waals surface area contributed by atoms with E-state index in [9.17, 15) is 26.7 Å². The molecule has 0 radical (unpaired) electrons. The Morgan fingerprint density at radius 2 is 1.86 bits per heavy atom. The molecular weight excluding hydrogens is 383 g/mol. The summed E-state index contributed by atoms with van der Waals surface area (Å²) in [5, 5.41) is 2.28. The van der Waals surface area contributed by atoms with Crippen LogP contribution in [0.1, 0.15) is 18.6 Å². The van der Waals surface area contributed by atoms with Gasteiger partial charge in [0.15, 0.2) is 0 Å². The maximum Gasteiger partial charge on any atom is 0.468 e. The Bertz CT molecular complexity index is 989. The largest absolute Gasteiger partial charge is 0.468 e. The summed E-state index contributed by atoms with van der Waals surface area (Å²) in [4.78, 5) is 15.5. The molecular formula is C19H13F5N2O2. The molecule has 0 aliphatic carbocycles. The van der Waals surface area contributed by atoms with E-state index in [0.717, 1.165) is 6.92 Å². The first-order chi connectivity index (χ1) is 13.0. The second kappa shape index (κ2) is 8.08. The Kier molecular flexibility index (Phi) is 6.03. The second-order valence-electron chi connectivity index (χ2n) is 5.52. The number of alkyl halides is 3. The highest BCUT2D eigenvalue weighted by molar-refractivity contribution is 6.06. The van der Waals surface area contributed by atoms with Crippen molar-refractivity contribution in [2.75, 3.05) is 5.32 Å². The minimum Gasteiger partial charge on any atom is -0.438 e. The maximum absolute atomic E-state index is 13.7. The van der Waals surface area contributed by atoms with Gasteiger partial charge in [-0.1, -0.05) is 18.1 Å². The maximum atomic E-state index is 13.7. The number of amides is 1. The number of nitrogens with zero attached hydrogens (tertiary/aromatic N) is 1. The average molecular weight is 396 g/mol. The summed E-state index contributed by atoms with van der Waals surface area (Å²) in [6.07, 6.45) is 0.787. The lowest BCUT2D eigenvalue weighted by molar-refractivity contribution is -0.157. The molecule has 0 saturated carbocycles. The first-order valence-corrected chi connectivity index (χ1v) is 7.69. The standard InChI is InChI=1S/C19H13F5N2O2/c1-4-5-14(21)15(10(2)20)17(27)25-13-8-6-12(7-9-13)16-11(3)28-18(26-16)19(22,23)24/h1,5-9H,2-3H3,(H,25,27)/b14-5+,15-10-. The molecule has 0 aliphatic heterocycles. The number of benzene rings is 1. The van der Waals surface area contributed by atoms with Gasteiger partial charge in [-0.3, -0.25) is 4.79 Å². The van der Waals surface area contributed by atoms with Crippen LogP contribution >= 0.6 is 0 Å². The third-order valence-electron chi connectivity index (χ3n) is 3.48. The highest BCUT2D eigenvalue weighted by atomic mass is 19.4. The number of terminal acetylenes is 1. The molecule has 0 atom stereocenters. The third kappa shape index (κ3) is 4.65. The number of rotatable bonds is 4. The van der Waals surface area contributed by atoms with E-state index in [1.54, 1.807) is 0 Å². The van der Waals surface area contributed by atoms with E-state index in [4.69, 9.17) is 6.42 Å². The van der Waals surface area contributed by atoms with Crippen LogP contribution in [0.25, 0.3) is 11.3 Å². The van der Waals surface area contributed by atoms with Crippen molar-refractivity contribution in [1.82, 2.24) is 4.98 Å². The minimum absolute atomic E-state index is 0.0200. The molecule has 0 fully saturated rings. The van der Waals surface area contributed by atoms with Crippen molar-refractivity contribution in [2.45, 2.75) is 20.0 Å². The molecule has 4 nitrogen and oxygen atoms in total. The van der Waals surface area contributed by atoms with Gasteiger partial charge in [-0.2, -0.15) is 13.2 Å². The van der Waals surface area contributed by atoms with E-state index in [0.29, 0.717) is 11.6 Å². The number of anilines is 1. The zero-order valence-electron chi connectivity index (χ0n) is 14.6. The molecule has 1 aromatic heterocycles. The number of nitrogens with one attached hydrogen (secondary N) is 1. The Morgan fingerprint density at radius 3 is 2.32 bits per heavy atom. The highest BCUT2D eigenvalue weighted by Crippen LogP contribution is 2.33. The number of allylic oxidation sites excluding steroid dienone is 2. The lowest BCUT2D eigenvalue weighted by Gasteiger charge is -2.08. The van der Waals surface area contributed by atoms with Gasteiger partial charge >= 0.3 is 12.1 Å². The van der Waals surface area contributed by atoms with Crippen molar-refractivity contribution >= 4 is 11.6 Å². The average Bonchev–Trinajstić information content (AvgIpc) is 2.97. The van der Waals surface area contributed by atoms with Crippen molar-refractivity contribution in [1.29, 1.82) is 0 Å². The number of carbonyl (C=O) groups is 1. The topological polar surface area (TPSA) is 55.1 Å². The Labute approximate surface area is 156 Å². The molecule has 1 N–H and O–H groups in total. The quantitative estimate of drug-likeness (QED) is 0.329. The molecule has 1 heterocycles. The highest BCUT2D eigenvalue weighted by Gasteiger charge is 2.38. The smallest absolute Gasteiger partial charge is 0.438 e. The molecule has 2 rings (SSSR count). The molecule has 146 valence electrons. The van der Waals surface area contributed by atoms with Crippen LogP contribution in [0.5, 0.6) is 0 Å². The molecule has 0 saturated heterocycles. The lowest BCUT2D eigenvalue weighted by atomic mass is 10.1. The van der Waals surface area contributed by atoms with E-state index in [1.807, 2.05) is 5.92 Å². The van der Waals surface area contributed by atoms with Crippen molar-refractivity contribution in [2.24, 2.45) is 0 Å². The van der Waals surface area contributed by atoms with Crippen molar-refractivity contribution in [3.05, 3.63) is 59.2 Å². The fourth-order valence-corrected chi connectivity index (χ4v) is 2.27. The molecule has 9 heteroatoms. The summed E-state index contributed by atoms with van der Waals surface area (Å²) in [7, 11) is 0. The van der Waals surface area contributed by atoms with Gasteiger partial charge < -0.3 is 9.73 Å². The van der Waals surface area contributed by atoms with Crippen LogP contribution < -0.4 is 5.32 Å². The Hall–Kier alpha value is -3.41. The number of hydrogen-bond acceptors (Lipinski definition) is 3. The number of halogens is 5.